The second-order valence-corrected chi connectivity index (χ2v) is 4.03. The van der Waals surface area contributed by atoms with Crippen LogP contribution in [0.5, 0.6) is 5.75 Å². The zero-order valence-electron chi connectivity index (χ0n) is 10.7. The van der Waals surface area contributed by atoms with Crippen molar-refractivity contribution in [2.75, 3.05) is 7.11 Å². The van der Waals surface area contributed by atoms with Crippen LogP contribution in [0, 0.1) is 6.92 Å². The fraction of sp³-hybridized carbons (Fsp3) is 0.385. The molecular weight excluding hydrogens is 234 g/mol. The van der Waals surface area contributed by atoms with Crippen molar-refractivity contribution in [3.63, 3.8) is 0 Å². The summed E-state index contributed by atoms with van der Waals surface area (Å²) in [6, 6.07) is 5.52. The van der Waals surface area contributed by atoms with Gasteiger partial charge >= 0.3 is 5.97 Å². The number of benzene rings is 1. The average Bonchev–Trinajstić information content (AvgIpc) is 2.28. The van der Waals surface area contributed by atoms with Gasteiger partial charge in [0.05, 0.1) is 13.5 Å². The molecule has 0 aliphatic carbocycles. The summed E-state index contributed by atoms with van der Waals surface area (Å²) in [6.07, 6.45) is -0.879. The van der Waals surface area contributed by atoms with Crippen molar-refractivity contribution < 1.29 is 19.1 Å². The molecule has 0 aliphatic rings. The summed E-state index contributed by atoms with van der Waals surface area (Å²) in [6.45, 7) is 3.36. The lowest BCUT2D eigenvalue weighted by Crippen LogP contribution is -2.31. The molecule has 0 unspecified atom stereocenters. The summed E-state index contributed by atoms with van der Waals surface area (Å²) in [5, 5.41) is 0. The van der Waals surface area contributed by atoms with Crippen molar-refractivity contribution in [3.05, 3.63) is 29.3 Å². The Hall–Kier alpha value is -2.04. The molecule has 0 saturated heterocycles. The summed E-state index contributed by atoms with van der Waals surface area (Å²) in [7, 11) is 1.53. The molecule has 0 aromatic heterocycles. The van der Waals surface area contributed by atoms with Gasteiger partial charge in [0, 0.05) is 5.56 Å². The van der Waals surface area contributed by atoms with Crippen LogP contribution in [0.1, 0.15) is 18.1 Å². The van der Waals surface area contributed by atoms with E-state index in [4.69, 9.17) is 15.2 Å². The number of esters is 1. The lowest BCUT2D eigenvalue weighted by Gasteiger charge is -2.12. The molecule has 2 N–H and O–H groups in total. The van der Waals surface area contributed by atoms with Gasteiger partial charge in [0.15, 0.2) is 6.10 Å². The molecule has 0 fully saturated rings. The predicted octanol–water partition coefficient (Wildman–Crippen LogP) is 0.963. The van der Waals surface area contributed by atoms with Crippen molar-refractivity contribution in [1.82, 2.24) is 0 Å². The van der Waals surface area contributed by atoms with Gasteiger partial charge in [-0.05, 0) is 19.9 Å². The second kappa shape index (κ2) is 6.05. The van der Waals surface area contributed by atoms with Crippen LogP contribution in [0.15, 0.2) is 18.2 Å². The average molecular weight is 251 g/mol. The van der Waals surface area contributed by atoms with Crippen LogP contribution in [-0.2, 0) is 20.7 Å². The molecule has 1 aromatic carbocycles. The van der Waals surface area contributed by atoms with Crippen molar-refractivity contribution in [3.8, 4) is 5.75 Å². The molecule has 1 atom stereocenters. The van der Waals surface area contributed by atoms with Crippen LogP contribution in [0.2, 0.25) is 0 Å². The normalized spacial score (nSPS) is 11.7. The number of nitrogens with two attached hydrogens (primary N) is 1. The molecule has 0 aliphatic heterocycles. The summed E-state index contributed by atoms with van der Waals surface area (Å²) in [5.41, 5.74) is 6.75. The Morgan fingerprint density at radius 3 is 2.61 bits per heavy atom. The first-order valence-corrected chi connectivity index (χ1v) is 5.56. The molecule has 5 heteroatoms. The highest BCUT2D eigenvalue weighted by molar-refractivity contribution is 5.82. The Morgan fingerprint density at radius 1 is 1.39 bits per heavy atom. The Labute approximate surface area is 106 Å². The highest BCUT2D eigenvalue weighted by Crippen LogP contribution is 2.20. The van der Waals surface area contributed by atoms with Crippen molar-refractivity contribution >= 4 is 11.9 Å². The third-order valence-electron chi connectivity index (χ3n) is 2.48. The SMILES string of the molecule is COc1ccc(C)cc1CC(=O)O[C@H](C)C(N)=O. The van der Waals surface area contributed by atoms with Crippen LogP contribution in [-0.4, -0.2) is 25.1 Å². The summed E-state index contributed by atoms with van der Waals surface area (Å²) in [4.78, 5) is 22.4. The molecule has 1 amide bonds. The summed E-state index contributed by atoms with van der Waals surface area (Å²) < 4.78 is 10.0. The number of carbonyl (C=O) groups excluding carboxylic acids is 2. The van der Waals surface area contributed by atoms with Crippen molar-refractivity contribution in [2.45, 2.75) is 26.4 Å². The van der Waals surface area contributed by atoms with E-state index in [0.29, 0.717) is 5.75 Å². The molecule has 18 heavy (non-hydrogen) atoms. The third kappa shape index (κ3) is 3.76. The molecule has 98 valence electrons. The topological polar surface area (TPSA) is 78.6 Å². The molecule has 0 bridgehead atoms. The molecule has 5 nitrogen and oxygen atoms in total. The standard InChI is InChI=1S/C13H17NO4/c1-8-4-5-11(17-3)10(6-8)7-12(15)18-9(2)13(14)16/h4-6,9H,7H2,1-3H3,(H2,14,16)/t9-/m1/s1. The Kier molecular flexibility index (Phi) is 4.71. The lowest BCUT2D eigenvalue weighted by atomic mass is 10.1. The first-order valence-electron chi connectivity index (χ1n) is 5.56. The van der Waals surface area contributed by atoms with E-state index in [0.717, 1.165) is 11.1 Å². The summed E-state index contributed by atoms with van der Waals surface area (Å²) >= 11 is 0. The molecule has 1 rings (SSSR count). The third-order valence-corrected chi connectivity index (χ3v) is 2.48. The van der Waals surface area contributed by atoms with E-state index >= 15 is 0 Å². The maximum absolute atomic E-state index is 11.6. The zero-order valence-corrected chi connectivity index (χ0v) is 10.7. The maximum atomic E-state index is 11.6. The molecule has 0 radical (unpaired) electrons. The first kappa shape index (κ1) is 14.0. The van der Waals surface area contributed by atoms with Crippen molar-refractivity contribution in [2.24, 2.45) is 5.73 Å². The van der Waals surface area contributed by atoms with Crippen LogP contribution < -0.4 is 10.5 Å². The molecule has 0 spiro atoms. The number of primary amides is 1. The predicted molar refractivity (Wildman–Crippen MR) is 66.2 cm³/mol. The highest BCUT2D eigenvalue weighted by atomic mass is 16.5. The monoisotopic (exact) mass is 251 g/mol. The van der Waals surface area contributed by atoms with Gasteiger partial charge in [-0.3, -0.25) is 9.59 Å². The number of hydrogen-bond donors (Lipinski definition) is 1. The van der Waals surface area contributed by atoms with Gasteiger partial charge in [0.2, 0.25) is 0 Å². The van der Waals surface area contributed by atoms with Gasteiger partial charge in [-0.1, -0.05) is 17.7 Å². The highest BCUT2D eigenvalue weighted by Gasteiger charge is 2.16. The maximum Gasteiger partial charge on any atom is 0.311 e. The summed E-state index contributed by atoms with van der Waals surface area (Å²) in [5.74, 6) is -0.561. The second-order valence-electron chi connectivity index (χ2n) is 4.03. The number of hydrogen-bond acceptors (Lipinski definition) is 4. The van der Waals surface area contributed by atoms with E-state index in [9.17, 15) is 9.59 Å². The number of aryl methyl sites for hydroxylation is 1. The van der Waals surface area contributed by atoms with E-state index in [2.05, 4.69) is 0 Å². The van der Waals surface area contributed by atoms with E-state index in [1.165, 1.54) is 14.0 Å². The zero-order chi connectivity index (χ0) is 13.7. The van der Waals surface area contributed by atoms with Crippen LogP contribution in [0.3, 0.4) is 0 Å². The minimum atomic E-state index is -0.923. The van der Waals surface area contributed by atoms with Crippen LogP contribution in [0.4, 0.5) is 0 Å². The van der Waals surface area contributed by atoms with Gasteiger partial charge in [-0.15, -0.1) is 0 Å². The molecular formula is C13H17NO4. The quantitative estimate of drug-likeness (QED) is 0.791. The largest absolute Gasteiger partial charge is 0.496 e. The van der Waals surface area contributed by atoms with Gasteiger partial charge in [0.25, 0.3) is 5.91 Å². The fourth-order valence-electron chi connectivity index (χ4n) is 1.50. The number of amides is 1. The Balaban J connectivity index is 2.75. The van der Waals surface area contributed by atoms with Gasteiger partial charge in [-0.2, -0.15) is 0 Å². The number of carbonyl (C=O) groups is 2. The van der Waals surface area contributed by atoms with Crippen LogP contribution in [0.25, 0.3) is 0 Å². The fourth-order valence-corrected chi connectivity index (χ4v) is 1.50. The van der Waals surface area contributed by atoms with E-state index < -0.39 is 18.0 Å². The minimum absolute atomic E-state index is 0.0441. The van der Waals surface area contributed by atoms with E-state index in [-0.39, 0.29) is 6.42 Å². The first-order chi connectivity index (χ1) is 8.43. The number of rotatable bonds is 5. The molecule has 1 aromatic rings. The lowest BCUT2D eigenvalue weighted by molar-refractivity contribution is -0.153. The van der Waals surface area contributed by atoms with Crippen molar-refractivity contribution in [1.29, 1.82) is 0 Å². The van der Waals surface area contributed by atoms with E-state index in [1.54, 1.807) is 6.07 Å². The number of ether oxygens (including phenoxy) is 2. The van der Waals surface area contributed by atoms with Gasteiger partial charge < -0.3 is 15.2 Å². The van der Waals surface area contributed by atoms with Crippen LogP contribution >= 0.6 is 0 Å². The van der Waals surface area contributed by atoms with Gasteiger partial charge in [0.1, 0.15) is 5.75 Å². The van der Waals surface area contributed by atoms with Gasteiger partial charge in [-0.25, -0.2) is 0 Å². The Bertz CT molecular complexity index is 456. The molecule has 0 heterocycles. The Morgan fingerprint density at radius 2 is 2.06 bits per heavy atom. The molecule has 0 saturated carbocycles. The van der Waals surface area contributed by atoms with E-state index in [1.807, 2.05) is 19.1 Å². The number of methoxy groups -OCH3 is 1. The minimum Gasteiger partial charge on any atom is -0.496 e. The smallest absolute Gasteiger partial charge is 0.311 e.